The van der Waals surface area contributed by atoms with Gasteiger partial charge in [0.05, 0.1) is 55.8 Å². The van der Waals surface area contributed by atoms with Gasteiger partial charge in [0, 0.05) is 13.0 Å². The van der Waals surface area contributed by atoms with E-state index in [2.05, 4.69) is 11.4 Å². The maximum absolute atomic E-state index is 13.1. The smallest absolute Gasteiger partial charge is 0.355 e. The monoisotopic (exact) mass is 476 g/mol. The van der Waals surface area contributed by atoms with Crippen LogP contribution in [0.2, 0.25) is 0 Å². The second-order valence-electron chi connectivity index (χ2n) is 7.40. The molecule has 0 radical (unpaired) electrons. The van der Waals surface area contributed by atoms with Crippen LogP contribution in [-0.4, -0.2) is 39.2 Å². The molecule has 3 N–H and O–H groups in total. The number of methoxy groups -OCH3 is 3. The van der Waals surface area contributed by atoms with Gasteiger partial charge in [-0.05, 0) is 17.7 Å². The SMILES string of the molecule is COC(=O)C1=C(C(=O)OC)N(c2ccc(NC(C)=O)c(OC)c2)C(N)=C(C#N)C1c1ccccc1. The van der Waals surface area contributed by atoms with Gasteiger partial charge in [0.25, 0.3) is 0 Å². The number of benzene rings is 2. The van der Waals surface area contributed by atoms with E-state index in [0.717, 1.165) is 0 Å². The summed E-state index contributed by atoms with van der Waals surface area (Å²) in [5.41, 5.74) is 7.41. The molecule has 0 spiro atoms. The van der Waals surface area contributed by atoms with E-state index in [9.17, 15) is 19.6 Å². The van der Waals surface area contributed by atoms with Gasteiger partial charge in [-0.2, -0.15) is 5.26 Å². The molecule has 0 fully saturated rings. The first-order valence-electron chi connectivity index (χ1n) is 10.4. The van der Waals surface area contributed by atoms with Crippen LogP contribution in [0.4, 0.5) is 11.4 Å². The summed E-state index contributed by atoms with van der Waals surface area (Å²) in [5.74, 6) is -2.79. The number of hydrogen-bond acceptors (Lipinski definition) is 9. The minimum Gasteiger partial charge on any atom is -0.494 e. The molecule has 2 aromatic carbocycles. The third kappa shape index (κ3) is 4.65. The molecule has 1 heterocycles. The second kappa shape index (κ2) is 10.4. The van der Waals surface area contributed by atoms with E-state index in [1.807, 2.05) is 0 Å². The summed E-state index contributed by atoms with van der Waals surface area (Å²) in [6, 6.07) is 15.4. The average molecular weight is 476 g/mol. The van der Waals surface area contributed by atoms with Gasteiger partial charge in [-0.15, -0.1) is 0 Å². The van der Waals surface area contributed by atoms with Crippen molar-refractivity contribution in [1.82, 2.24) is 0 Å². The highest BCUT2D eigenvalue weighted by molar-refractivity contribution is 6.06. The molecular formula is C25H24N4O6. The fourth-order valence-corrected chi connectivity index (χ4v) is 3.89. The predicted molar refractivity (Wildman–Crippen MR) is 127 cm³/mol. The maximum Gasteiger partial charge on any atom is 0.355 e. The third-order valence-corrected chi connectivity index (χ3v) is 5.36. The van der Waals surface area contributed by atoms with Gasteiger partial charge in [-0.25, -0.2) is 9.59 Å². The van der Waals surface area contributed by atoms with E-state index >= 15 is 0 Å². The van der Waals surface area contributed by atoms with Gasteiger partial charge in [-0.3, -0.25) is 9.69 Å². The molecule has 1 atom stereocenters. The van der Waals surface area contributed by atoms with Gasteiger partial charge in [0.2, 0.25) is 5.91 Å². The Labute approximate surface area is 202 Å². The summed E-state index contributed by atoms with van der Waals surface area (Å²) in [4.78, 5) is 38.9. The first kappa shape index (κ1) is 24.9. The number of nitrogens with one attached hydrogen (secondary N) is 1. The van der Waals surface area contributed by atoms with Crippen molar-refractivity contribution < 1.29 is 28.6 Å². The van der Waals surface area contributed by atoms with Crippen molar-refractivity contribution in [3.05, 3.63) is 76.8 Å². The molecule has 10 nitrogen and oxygen atoms in total. The zero-order valence-corrected chi connectivity index (χ0v) is 19.6. The number of carbonyl (C=O) groups excluding carboxylic acids is 3. The lowest BCUT2D eigenvalue weighted by Crippen LogP contribution is -2.40. The third-order valence-electron chi connectivity index (χ3n) is 5.36. The Morgan fingerprint density at radius 1 is 1.03 bits per heavy atom. The largest absolute Gasteiger partial charge is 0.494 e. The molecule has 35 heavy (non-hydrogen) atoms. The Bertz CT molecular complexity index is 1280. The number of nitrogens with zero attached hydrogens (tertiary/aromatic N) is 2. The van der Waals surface area contributed by atoms with E-state index in [4.69, 9.17) is 19.9 Å². The van der Waals surface area contributed by atoms with Crippen LogP contribution in [0.25, 0.3) is 0 Å². The average Bonchev–Trinajstić information content (AvgIpc) is 2.87. The zero-order valence-electron chi connectivity index (χ0n) is 19.6. The van der Waals surface area contributed by atoms with E-state index in [1.165, 1.54) is 39.2 Å². The van der Waals surface area contributed by atoms with Crippen molar-refractivity contribution in [1.29, 1.82) is 5.26 Å². The standard InChI is InChI=1S/C25H24N4O6/c1-14(30)28-18-11-10-16(12-19(18)33-2)29-22(25(32)35-4)21(24(31)34-3)20(17(13-26)23(29)27)15-8-6-5-7-9-15/h5-12,20H,27H2,1-4H3,(H,28,30). The Kier molecular flexibility index (Phi) is 7.41. The number of rotatable bonds is 6. The molecule has 1 unspecified atom stereocenters. The summed E-state index contributed by atoms with van der Waals surface area (Å²) in [6.07, 6.45) is 0. The Hall–Kier alpha value is -4.78. The Morgan fingerprint density at radius 3 is 2.23 bits per heavy atom. The van der Waals surface area contributed by atoms with Crippen LogP contribution >= 0.6 is 0 Å². The Balaban J connectivity index is 2.37. The molecule has 0 aliphatic carbocycles. The van der Waals surface area contributed by atoms with Crippen molar-refractivity contribution in [2.24, 2.45) is 5.73 Å². The van der Waals surface area contributed by atoms with Crippen molar-refractivity contribution in [2.75, 3.05) is 31.5 Å². The highest BCUT2D eigenvalue weighted by atomic mass is 16.5. The van der Waals surface area contributed by atoms with Crippen molar-refractivity contribution in [3.8, 4) is 11.8 Å². The van der Waals surface area contributed by atoms with Crippen LogP contribution in [0.15, 0.2) is 71.2 Å². The molecule has 0 aromatic heterocycles. The minimum absolute atomic E-state index is 0.0363. The fourth-order valence-electron chi connectivity index (χ4n) is 3.89. The van der Waals surface area contributed by atoms with Crippen LogP contribution in [0.3, 0.4) is 0 Å². The summed E-state index contributed by atoms with van der Waals surface area (Å²) in [6.45, 7) is 1.35. The highest BCUT2D eigenvalue weighted by Gasteiger charge is 2.43. The van der Waals surface area contributed by atoms with Crippen molar-refractivity contribution >= 4 is 29.2 Å². The lowest BCUT2D eigenvalue weighted by atomic mass is 9.81. The molecule has 1 aliphatic rings. The van der Waals surface area contributed by atoms with Crippen molar-refractivity contribution in [2.45, 2.75) is 12.8 Å². The van der Waals surface area contributed by atoms with Gasteiger partial charge in [0.1, 0.15) is 17.3 Å². The number of anilines is 2. The van der Waals surface area contributed by atoms with Gasteiger partial charge < -0.3 is 25.3 Å². The van der Waals surface area contributed by atoms with E-state index in [-0.39, 0.29) is 40.0 Å². The normalized spacial score (nSPS) is 15.3. The van der Waals surface area contributed by atoms with Crippen LogP contribution in [0.5, 0.6) is 5.75 Å². The molecule has 3 rings (SSSR count). The molecule has 10 heteroatoms. The summed E-state index contributed by atoms with van der Waals surface area (Å²) < 4.78 is 15.4. The highest BCUT2D eigenvalue weighted by Crippen LogP contribution is 2.44. The summed E-state index contributed by atoms with van der Waals surface area (Å²) in [7, 11) is 3.75. The number of allylic oxidation sites excluding steroid dienone is 1. The molecule has 1 amide bonds. The Morgan fingerprint density at radius 2 is 1.69 bits per heavy atom. The topological polar surface area (TPSA) is 144 Å². The first-order chi connectivity index (χ1) is 16.8. The molecule has 180 valence electrons. The number of esters is 2. The summed E-state index contributed by atoms with van der Waals surface area (Å²) >= 11 is 0. The first-order valence-corrected chi connectivity index (χ1v) is 10.4. The molecule has 1 aliphatic heterocycles. The number of carbonyl (C=O) groups is 3. The summed E-state index contributed by atoms with van der Waals surface area (Å²) in [5, 5.41) is 12.7. The van der Waals surface area contributed by atoms with Gasteiger partial charge in [0.15, 0.2) is 0 Å². The van der Waals surface area contributed by atoms with Crippen molar-refractivity contribution in [3.63, 3.8) is 0 Å². The fraction of sp³-hybridized carbons (Fsp3) is 0.200. The molecule has 2 aromatic rings. The quantitative estimate of drug-likeness (QED) is 0.601. The molecule has 0 saturated carbocycles. The second-order valence-corrected chi connectivity index (χ2v) is 7.40. The van der Waals surface area contributed by atoms with E-state index in [1.54, 1.807) is 42.5 Å². The number of ether oxygens (including phenoxy) is 3. The maximum atomic E-state index is 13.1. The number of hydrogen-bond donors (Lipinski definition) is 2. The number of nitriles is 1. The van der Waals surface area contributed by atoms with Crippen LogP contribution in [0, 0.1) is 11.3 Å². The van der Waals surface area contributed by atoms with Gasteiger partial charge in [-0.1, -0.05) is 30.3 Å². The lowest BCUT2D eigenvalue weighted by molar-refractivity contribution is -0.139. The predicted octanol–water partition coefficient (Wildman–Crippen LogP) is 2.55. The molecule has 0 bridgehead atoms. The molecule has 0 saturated heterocycles. The van der Waals surface area contributed by atoms with E-state index in [0.29, 0.717) is 11.3 Å². The van der Waals surface area contributed by atoms with E-state index < -0.39 is 17.9 Å². The molecular weight excluding hydrogens is 452 g/mol. The zero-order chi connectivity index (χ0) is 25.7. The van der Waals surface area contributed by atoms with Crippen LogP contribution in [-0.2, 0) is 23.9 Å². The number of amides is 1. The lowest BCUT2D eigenvalue weighted by Gasteiger charge is -2.36. The number of nitrogens with two attached hydrogens (primary N) is 1. The van der Waals surface area contributed by atoms with Crippen LogP contribution in [0.1, 0.15) is 18.4 Å². The van der Waals surface area contributed by atoms with Crippen LogP contribution < -0.4 is 20.7 Å². The van der Waals surface area contributed by atoms with Gasteiger partial charge >= 0.3 is 11.9 Å². The minimum atomic E-state index is -0.973.